The van der Waals surface area contributed by atoms with E-state index in [0.717, 1.165) is 31.2 Å². The van der Waals surface area contributed by atoms with Gasteiger partial charge >= 0.3 is 0 Å². The van der Waals surface area contributed by atoms with Gasteiger partial charge in [0.05, 0.1) is 5.75 Å². The van der Waals surface area contributed by atoms with E-state index >= 15 is 0 Å². The zero-order chi connectivity index (χ0) is 12.3. The fourth-order valence-corrected chi connectivity index (χ4v) is 3.82. The quantitative estimate of drug-likeness (QED) is 0.770. The average Bonchev–Trinajstić information content (AvgIpc) is 2.82. The van der Waals surface area contributed by atoms with Crippen molar-refractivity contribution in [2.45, 2.75) is 37.9 Å². The first kappa shape index (κ1) is 12.5. The van der Waals surface area contributed by atoms with Crippen molar-refractivity contribution in [3.8, 4) is 0 Å². The van der Waals surface area contributed by atoms with Crippen LogP contribution in [0.2, 0.25) is 0 Å². The highest BCUT2D eigenvalue weighted by molar-refractivity contribution is 7.86. The molecule has 0 aromatic heterocycles. The van der Waals surface area contributed by atoms with Gasteiger partial charge in [-0.05, 0) is 25.8 Å². The summed E-state index contributed by atoms with van der Waals surface area (Å²) in [6.45, 7) is 1.96. The van der Waals surface area contributed by atoms with Gasteiger partial charge in [0.15, 0.2) is 5.78 Å². The molecule has 0 saturated heterocycles. The second kappa shape index (κ2) is 5.58. The van der Waals surface area contributed by atoms with Crippen molar-refractivity contribution in [2.75, 3.05) is 5.75 Å². The Morgan fingerprint density at radius 3 is 2.71 bits per heavy atom. The minimum absolute atomic E-state index is 0.0129. The van der Waals surface area contributed by atoms with Crippen molar-refractivity contribution in [3.63, 3.8) is 0 Å². The molecule has 2 rings (SSSR count). The standard InChI is InChI=1S/C14H18O2S/c1-11-5-4-6-12(9-11)14(15)10-17(16)13-7-2-3-8-13/h4-6,9,13H,2-3,7-8,10H2,1H3. The molecule has 0 N–H and O–H groups in total. The van der Waals surface area contributed by atoms with Crippen LogP contribution in [0.15, 0.2) is 24.3 Å². The molecule has 1 aromatic rings. The first-order valence-corrected chi connectivity index (χ1v) is 7.52. The summed E-state index contributed by atoms with van der Waals surface area (Å²) in [7, 11) is -0.982. The van der Waals surface area contributed by atoms with Crippen molar-refractivity contribution >= 4 is 16.6 Å². The number of carbonyl (C=O) groups excluding carboxylic acids is 1. The monoisotopic (exact) mass is 250 g/mol. The van der Waals surface area contributed by atoms with Gasteiger partial charge in [-0.1, -0.05) is 36.6 Å². The molecule has 0 heterocycles. The van der Waals surface area contributed by atoms with E-state index in [-0.39, 0.29) is 16.8 Å². The molecule has 3 heteroatoms. The molecule has 1 aliphatic carbocycles. The van der Waals surface area contributed by atoms with Crippen LogP contribution in [0.3, 0.4) is 0 Å². The molecular weight excluding hydrogens is 232 g/mol. The van der Waals surface area contributed by atoms with Crippen molar-refractivity contribution in [3.05, 3.63) is 35.4 Å². The Kier molecular flexibility index (Phi) is 4.11. The maximum absolute atomic E-state index is 12.0. The predicted molar refractivity (Wildman–Crippen MR) is 70.8 cm³/mol. The van der Waals surface area contributed by atoms with Crippen LogP contribution < -0.4 is 0 Å². The summed E-state index contributed by atoms with van der Waals surface area (Å²) in [4.78, 5) is 12.0. The van der Waals surface area contributed by atoms with Gasteiger partial charge in [-0.3, -0.25) is 9.00 Å². The molecule has 1 saturated carbocycles. The number of carbonyl (C=O) groups is 1. The van der Waals surface area contributed by atoms with Gasteiger partial charge in [-0.15, -0.1) is 0 Å². The largest absolute Gasteiger partial charge is 0.293 e. The number of benzene rings is 1. The normalized spacial score (nSPS) is 18.2. The van der Waals surface area contributed by atoms with E-state index in [0.29, 0.717) is 5.56 Å². The third-order valence-corrected chi connectivity index (χ3v) is 5.05. The molecule has 17 heavy (non-hydrogen) atoms. The Balaban J connectivity index is 1.99. The first-order chi connectivity index (χ1) is 8.16. The maximum Gasteiger partial charge on any atom is 0.175 e. The van der Waals surface area contributed by atoms with Gasteiger partial charge in [0, 0.05) is 21.6 Å². The molecule has 0 aliphatic heterocycles. The second-order valence-electron chi connectivity index (χ2n) is 4.72. The van der Waals surface area contributed by atoms with E-state index in [1.54, 1.807) is 6.07 Å². The van der Waals surface area contributed by atoms with Gasteiger partial charge in [-0.2, -0.15) is 0 Å². The molecule has 0 amide bonds. The predicted octanol–water partition coefficient (Wildman–Crippen LogP) is 2.87. The Morgan fingerprint density at radius 1 is 1.35 bits per heavy atom. The zero-order valence-corrected chi connectivity index (χ0v) is 11.0. The van der Waals surface area contributed by atoms with Crippen LogP contribution in [0.4, 0.5) is 0 Å². The van der Waals surface area contributed by atoms with Gasteiger partial charge in [0.25, 0.3) is 0 Å². The van der Waals surface area contributed by atoms with E-state index in [2.05, 4.69) is 0 Å². The van der Waals surface area contributed by atoms with Crippen LogP contribution in [0.25, 0.3) is 0 Å². The second-order valence-corrected chi connectivity index (χ2v) is 6.44. The number of aryl methyl sites for hydroxylation is 1. The van der Waals surface area contributed by atoms with Gasteiger partial charge in [-0.25, -0.2) is 0 Å². The summed E-state index contributed by atoms with van der Waals surface area (Å²) >= 11 is 0. The third kappa shape index (κ3) is 3.25. The summed E-state index contributed by atoms with van der Waals surface area (Å²) in [6, 6.07) is 7.52. The Labute approximate surface area is 105 Å². The highest BCUT2D eigenvalue weighted by Gasteiger charge is 2.23. The SMILES string of the molecule is Cc1cccc(C(=O)CS(=O)C2CCCC2)c1. The van der Waals surface area contributed by atoms with Gasteiger partial charge in [0.1, 0.15) is 0 Å². The zero-order valence-electron chi connectivity index (χ0n) is 10.1. The summed E-state index contributed by atoms with van der Waals surface area (Å²) in [6.07, 6.45) is 4.37. The summed E-state index contributed by atoms with van der Waals surface area (Å²) in [5.41, 5.74) is 1.76. The minimum Gasteiger partial charge on any atom is -0.293 e. The smallest absolute Gasteiger partial charge is 0.175 e. The lowest BCUT2D eigenvalue weighted by atomic mass is 10.1. The summed E-state index contributed by atoms with van der Waals surface area (Å²) < 4.78 is 12.0. The Bertz CT molecular complexity index is 434. The topological polar surface area (TPSA) is 34.1 Å². The molecule has 2 nitrogen and oxygen atoms in total. The number of hydrogen-bond acceptors (Lipinski definition) is 2. The van der Waals surface area contributed by atoms with Gasteiger partial charge in [0.2, 0.25) is 0 Å². The first-order valence-electron chi connectivity index (χ1n) is 6.14. The van der Waals surface area contributed by atoms with Crippen LogP contribution in [0.1, 0.15) is 41.6 Å². The van der Waals surface area contributed by atoms with E-state index in [4.69, 9.17) is 0 Å². The van der Waals surface area contributed by atoms with Crippen LogP contribution in [-0.2, 0) is 10.8 Å². The van der Waals surface area contributed by atoms with Crippen molar-refractivity contribution in [1.29, 1.82) is 0 Å². The molecule has 1 unspecified atom stereocenters. The third-order valence-electron chi connectivity index (χ3n) is 3.29. The average molecular weight is 250 g/mol. The highest BCUT2D eigenvalue weighted by Crippen LogP contribution is 2.23. The van der Waals surface area contributed by atoms with Crippen LogP contribution in [0, 0.1) is 6.92 Å². The lowest BCUT2D eigenvalue weighted by Gasteiger charge is -2.08. The van der Waals surface area contributed by atoms with Crippen LogP contribution >= 0.6 is 0 Å². The number of rotatable bonds is 4. The molecule has 92 valence electrons. The number of ketones is 1. The van der Waals surface area contributed by atoms with E-state index in [1.165, 1.54) is 0 Å². The minimum atomic E-state index is -0.982. The van der Waals surface area contributed by atoms with E-state index in [9.17, 15) is 9.00 Å². The summed E-state index contributed by atoms with van der Waals surface area (Å²) in [5, 5.41) is 0.253. The fourth-order valence-electron chi connectivity index (χ4n) is 2.30. The lowest BCUT2D eigenvalue weighted by Crippen LogP contribution is -2.19. The Morgan fingerprint density at radius 2 is 2.06 bits per heavy atom. The van der Waals surface area contributed by atoms with Crippen LogP contribution in [-0.4, -0.2) is 21.0 Å². The van der Waals surface area contributed by atoms with Crippen molar-refractivity contribution < 1.29 is 9.00 Å². The van der Waals surface area contributed by atoms with Crippen molar-refractivity contribution in [2.24, 2.45) is 0 Å². The maximum atomic E-state index is 12.0. The molecule has 1 fully saturated rings. The van der Waals surface area contributed by atoms with E-state index < -0.39 is 10.8 Å². The molecule has 1 aromatic carbocycles. The number of Topliss-reactive ketones (excluding diaryl/α,β-unsaturated/α-hetero) is 1. The molecule has 1 atom stereocenters. The molecule has 1 aliphatic rings. The molecule has 0 spiro atoms. The van der Waals surface area contributed by atoms with Crippen molar-refractivity contribution in [1.82, 2.24) is 0 Å². The lowest BCUT2D eigenvalue weighted by molar-refractivity contribution is 0.102. The fraction of sp³-hybridized carbons (Fsp3) is 0.500. The van der Waals surface area contributed by atoms with E-state index in [1.807, 2.05) is 25.1 Å². The number of hydrogen-bond donors (Lipinski definition) is 0. The Hall–Kier alpha value is -0.960. The summed E-state index contributed by atoms with van der Waals surface area (Å²) in [5.74, 6) is 0.202. The molecule has 0 bridgehead atoms. The molecular formula is C14H18O2S. The highest BCUT2D eigenvalue weighted by atomic mass is 32.2. The van der Waals surface area contributed by atoms with Crippen LogP contribution in [0.5, 0.6) is 0 Å². The van der Waals surface area contributed by atoms with Gasteiger partial charge < -0.3 is 0 Å². The molecule has 0 radical (unpaired) electrons.